The predicted octanol–water partition coefficient (Wildman–Crippen LogP) is 3.89. The molecule has 2 unspecified atom stereocenters. The van der Waals surface area contributed by atoms with Crippen molar-refractivity contribution in [2.75, 3.05) is 19.0 Å². The van der Waals surface area contributed by atoms with Crippen LogP contribution in [0.3, 0.4) is 0 Å². The summed E-state index contributed by atoms with van der Waals surface area (Å²) >= 11 is 0. The summed E-state index contributed by atoms with van der Waals surface area (Å²) in [6.45, 7) is 10.5. The molecular weight excluding hydrogens is 179 g/mol. The molecule has 13 heavy (non-hydrogen) atoms. The number of hydrogen-bond donors (Lipinski definition) is 0. The molecule has 0 aromatic heterocycles. The highest BCUT2D eigenvalue weighted by Gasteiger charge is 2.19. The van der Waals surface area contributed by atoms with Crippen LogP contribution in [0.2, 0.25) is 0 Å². The van der Waals surface area contributed by atoms with Gasteiger partial charge in [-0.1, -0.05) is 27.7 Å². The van der Waals surface area contributed by atoms with Gasteiger partial charge in [0.25, 0.3) is 0 Å². The van der Waals surface area contributed by atoms with Gasteiger partial charge in [-0.3, -0.25) is 0 Å². The minimum Gasteiger partial charge on any atom is -0.324 e. The minimum atomic E-state index is -1.85. The summed E-state index contributed by atoms with van der Waals surface area (Å²) in [5, 5.41) is 0. The third-order valence-corrected chi connectivity index (χ3v) is 4.99. The Morgan fingerprint density at radius 2 is 1.77 bits per heavy atom. The van der Waals surface area contributed by atoms with E-state index < -0.39 is 7.14 Å². The summed E-state index contributed by atoms with van der Waals surface area (Å²) in [4.78, 5) is 0. The Morgan fingerprint density at radius 3 is 2.15 bits per heavy atom. The van der Waals surface area contributed by atoms with Crippen molar-refractivity contribution in [2.24, 2.45) is 11.8 Å². The van der Waals surface area contributed by atoms with Crippen LogP contribution in [0.1, 0.15) is 34.1 Å². The second-order valence-corrected chi connectivity index (χ2v) is 8.13. The van der Waals surface area contributed by atoms with Gasteiger partial charge in [-0.25, -0.2) is 0 Å². The molecule has 0 saturated heterocycles. The molecule has 2 atom stereocenters. The van der Waals surface area contributed by atoms with Crippen molar-refractivity contribution in [3.63, 3.8) is 0 Å². The fourth-order valence-electron chi connectivity index (χ4n) is 1.98. The van der Waals surface area contributed by atoms with Crippen LogP contribution in [0.25, 0.3) is 0 Å². The summed E-state index contributed by atoms with van der Waals surface area (Å²) in [6.07, 6.45) is 5.08. The van der Waals surface area contributed by atoms with Crippen molar-refractivity contribution in [3.05, 3.63) is 6.42 Å². The van der Waals surface area contributed by atoms with E-state index in [0.717, 1.165) is 18.7 Å². The monoisotopic (exact) mass is 203 g/mol. The van der Waals surface area contributed by atoms with E-state index in [0.29, 0.717) is 11.8 Å². The maximum absolute atomic E-state index is 12.1. The first-order chi connectivity index (χ1) is 5.87. The van der Waals surface area contributed by atoms with E-state index in [1.165, 1.54) is 0 Å². The van der Waals surface area contributed by atoms with E-state index in [1.807, 2.05) is 6.66 Å². The minimum absolute atomic E-state index is 0.564. The van der Waals surface area contributed by atoms with Crippen LogP contribution in [-0.2, 0) is 4.57 Å². The molecular formula is C11H24OP. The molecule has 0 spiro atoms. The van der Waals surface area contributed by atoms with Gasteiger partial charge in [-0.15, -0.1) is 0 Å². The highest BCUT2D eigenvalue weighted by molar-refractivity contribution is 7.63. The van der Waals surface area contributed by atoms with Gasteiger partial charge in [0.05, 0.1) is 7.14 Å². The summed E-state index contributed by atoms with van der Waals surface area (Å²) < 4.78 is 12.1. The smallest absolute Gasteiger partial charge is 0.0853 e. The molecule has 0 bridgehead atoms. The third-order valence-electron chi connectivity index (χ3n) is 2.09. The fraction of sp³-hybridized carbons (Fsp3) is 0.909. The zero-order valence-corrected chi connectivity index (χ0v) is 10.6. The van der Waals surface area contributed by atoms with Crippen molar-refractivity contribution in [2.45, 2.75) is 34.1 Å². The van der Waals surface area contributed by atoms with Crippen LogP contribution >= 0.6 is 7.14 Å². The number of rotatable bonds is 6. The summed E-state index contributed by atoms with van der Waals surface area (Å²) in [7, 11) is -1.85. The lowest BCUT2D eigenvalue weighted by Crippen LogP contribution is -2.07. The standard InChI is InChI=1S/C11H24OP/c1-6-7-11(4)9-13(5,12)8-10(2)3/h6,10-11H,7-9H2,1-5H3. The lowest BCUT2D eigenvalue weighted by atomic mass is 10.1. The van der Waals surface area contributed by atoms with Crippen molar-refractivity contribution < 1.29 is 4.57 Å². The molecule has 0 amide bonds. The first-order valence-electron chi connectivity index (χ1n) is 5.20. The molecule has 2 heteroatoms. The molecule has 0 aliphatic rings. The average molecular weight is 203 g/mol. The van der Waals surface area contributed by atoms with Crippen molar-refractivity contribution in [1.29, 1.82) is 0 Å². The lowest BCUT2D eigenvalue weighted by Gasteiger charge is -2.19. The van der Waals surface area contributed by atoms with Gasteiger partial charge in [0.2, 0.25) is 0 Å². The highest BCUT2D eigenvalue weighted by Crippen LogP contribution is 2.45. The van der Waals surface area contributed by atoms with Crippen LogP contribution in [0.5, 0.6) is 0 Å². The fourth-order valence-corrected chi connectivity index (χ4v) is 5.14. The third kappa shape index (κ3) is 7.31. The molecule has 1 nitrogen and oxygen atoms in total. The van der Waals surface area contributed by atoms with Crippen LogP contribution in [-0.4, -0.2) is 19.0 Å². The molecule has 0 N–H and O–H groups in total. The van der Waals surface area contributed by atoms with E-state index in [9.17, 15) is 4.57 Å². The van der Waals surface area contributed by atoms with Crippen molar-refractivity contribution in [1.82, 2.24) is 0 Å². The van der Waals surface area contributed by atoms with E-state index in [4.69, 9.17) is 0 Å². The van der Waals surface area contributed by atoms with E-state index in [2.05, 4.69) is 34.1 Å². The van der Waals surface area contributed by atoms with Gasteiger partial charge in [0.1, 0.15) is 0 Å². The Hall–Kier alpha value is 0.230. The van der Waals surface area contributed by atoms with Gasteiger partial charge in [-0.2, -0.15) is 0 Å². The molecule has 0 aliphatic heterocycles. The summed E-state index contributed by atoms with van der Waals surface area (Å²) in [5.74, 6) is 1.15. The molecule has 0 aromatic carbocycles. The van der Waals surface area contributed by atoms with E-state index in [-0.39, 0.29) is 0 Å². The van der Waals surface area contributed by atoms with Crippen LogP contribution < -0.4 is 0 Å². The molecule has 1 radical (unpaired) electrons. The van der Waals surface area contributed by atoms with Crippen molar-refractivity contribution >= 4 is 7.14 Å². The zero-order chi connectivity index (χ0) is 10.5. The van der Waals surface area contributed by atoms with E-state index in [1.54, 1.807) is 0 Å². The van der Waals surface area contributed by atoms with E-state index >= 15 is 0 Å². The maximum Gasteiger partial charge on any atom is 0.0853 e. The number of hydrogen-bond acceptors (Lipinski definition) is 1. The molecule has 0 heterocycles. The molecule has 0 fully saturated rings. The first-order valence-corrected chi connectivity index (χ1v) is 7.73. The largest absolute Gasteiger partial charge is 0.324 e. The quantitative estimate of drug-likeness (QED) is 0.598. The average Bonchev–Trinajstić information content (AvgIpc) is 1.81. The van der Waals surface area contributed by atoms with Crippen molar-refractivity contribution in [3.8, 4) is 0 Å². The Balaban J connectivity index is 3.94. The Kier molecular flexibility index (Phi) is 5.96. The summed E-state index contributed by atoms with van der Waals surface area (Å²) in [6, 6.07) is 0. The lowest BCUT2D eigenvalue weighted by molar-refractivity contribution is 0.551. The SMILES string of the molecule is C[CH]CC(C)CP(C)(=O)CC(C)C. The highest BCUT2D eigenvalue weighted by atomic mass is 31.2. The molecule has 0 rings (SSSR count). The zero-order valence-electron chi connectivity index (χ0n) is 9.71. The maximum atomic E-state index is 12.1. The Bertz CT molecular complexity index is 175. The molecule has 79 valence electrons. The Morgan fingerprint density at radius 1 is 1.23 bits per heavy atom. The van der Waals surface area contributed by atoms with Gasteiger partial charge in [0, 0.05) is 12.3 Å². The molecule has 0 saturated carbocycles. The van der Waals surface area contributed by atoms with Crippen LogP contribution in [0.15, 0.2) is 0 Å². The molecule has 0 aliphatic carbocycles. The topological polar surface area (TPSA) is 17.1 Å². The second-order valence-electron chi connectivity index (χ2n) is 4.80. The first kappa shape index (κ1) is 13.2. The normalized spacial score (nSPS) is 18.6. The van der Waals surface area contributed by atoms with Gasteiger partial charge < -0.3 is 4.57 Å². The molecule has 0 aromatic rings. The van der Waals surface area contributed by atoms with Crippen LogP contribution in [0.4, 0.5) is 0 Å². The van der Waals surface area contributed by atoms with Gasteiger partial charge in [-0.05, 0) is 31.3 Å². The van der Waals surface area contributed by atoms with Gasteiger partial charge >= 0.3 is 0 Å². The second kappa shape index (κ2) is 5.86. The predicted molar refractivity (Wildman–Crippen MR) is 61.9 cm³/mol. The Labute approximate surface area is 83.7 Å². The summed E-state index contributed by atoms with van der Waals surface area (Å²) in [5.41, 5.74) is 0. The van der Waals surface area contributed by atoms with Crippen LogP contribution in [0, 0.1) is 18.3 Å². The van der Waals surface area contributed by atoms with Gasteiger partial charge in [0.15, 0.2) is 0 Å².